The molecule has 0 bridgehead atoms. The van der Waals surface area contributed by atoms with Crippen LogP contribution in [0.3, 0.4) is 0 Å². The molecule has 1 unspecified atom stereocenters. The largest absolute Gasteiger partial charge is 0.347 e. The van der Waals surface area contributed by atoms with Gasteiger partial charge in [0.05, 0.1) is 18.1 Å². The highest BCUT2D eigenvalue weighted by Crippen LogP contribution is 2.10. The van der Waals surface area contributed by atoms with Gasteiger partial charge in [-0.3, -0.25) is 9.59 Å². The SMILES string of the molecule is CC[NH+](CC(=O)NCc1ccc(F)cc1)CC(=O)N[C@@H]1CCS(=O)(=O)C1. The van der Waals surface area contributed by atoms with E-state index in [2.05, 4.69) is 10.6 Å². The monoisotopic (exact) mass is 386 g/mol. The molecular formula is C17H25FN3O4S+. The zero-order valence-electron chi connectivity index (χ0n) is 14.8. The molecule has 1 heterocycles. The van der Waals surface area contributed by atoms with Gasteiger partial charge in [-0.1, -0.05) is 12.1 Å². The zero-order valence-corrected chi connectivity index (χ0v) is 15.6. The summed E-state index contributed by atoms with van der Waals surface area (Å²) in [6.07, 6.45) is 0.438. The minimum Gasteiger partial charge on any atom is -0.347 e. The van der Waals surface area contributed by atoms with Crippen LogP contribution < -0.4 is 15.5 Å². The number of likely N-dealkylation sites (N-methyl/N-ethyl adjacent to an activating group) is 1. The average Bonchev–Trinajstić information content (AvgIpc) is 2.92. The highest BCUT2D eigenvalue weighted by atomic mass is 32.2. The molecule has 7 nitrogen and oxygen atoms in total. The number of carbonyl (C=O) groups excluding carboxylic acids is 2. The van der Waals surface area contributed by atoms with E-state index in [4.69, 9.17) is 0 Å². The third-order valence-electron chi connectivity index (χ3n) is 4.32. The molecule has 144 valence electrons. The molecule has 9 heteroatoms. The van der Waals surface area contributed by atoms with Crippen molar-refractivity contribution in [2.75, 3.05) is 31.1 Å². The maximum absolute atomic E-state index is 12.9. The lowest BCUT2D eigenvalue weighted by atomic mass is 10.2. The molecule has 0 aromatic heterocycles. The third kappa shape index (κ3) is 6.72. The minimum atomic E-state index is -3.04. The lowest BCUT2D eigenvalue weighted by molar-refractivity contribution is -0.881. The van der Waals surface area contributed by atoms with E-state index in [1.165, 1.54) is 12.1 Å². The van der Waals surface area contributed by atoms with E-state index in [1.54, 1.807) is 12.1 Å². The second-order valence-electron chi connectivity index (χ2n) is 6.53. The van der Waals surface area contributed by atoms with Crippen molar-refractivity contribution in [2.45, 2.75) is 25.9 Å². The van der Waals surface area contributed by atoms with Crippen LogP contribution in [0.25, 0.3) is 0 Å². The fraction of sp³-hybridized carbons (Fsp3) is 0.529. The molecule has 26 heavy (non-hydrogen) atoms. The number of nitrogens with one attached hydrogen (secondary N) is 3. The minimum absolute atomic E-state index is 0.0155. The summed E-state index contributed by atoms with van der Waals surface area (Å²) in [5, 5.41) is 5.48. The molecule has 1 fully saturated rings. The molecule has 1 aromatic carbocycles. The van der Waals surface area contributed by atoms with Crippen molar-refractivity contribution in [1.29, 1.82) is 0 Å². The van der Waals surface area contributed by atoms with Crippen LogP contribution in [0.1, 0.15) is 18.9 Å². The first-order valence-corrected chi connectivity index (χ1v) is 10.4. The number of hydrogen-bond donors (Lipinski definition) is 3. The lowest BCUT2D eigenvalue weighted by Crippen LogP contribution is -3.14. The smallest absolute Gasteiger partial charge is 0.275 e. The van der Waals surface area contributed by atoms with Crippen LogP contribution in [0, 0.1) is 5.82 Å². The summed E-state index contributed by atoms with van der Waals surface area (Å²) < 4.78 is 35.7. The average molecular weight is 386 g/mol. The second-order valence-corrected chi connectivity index (χ2v) is 8.76. The molecule has 0 spiro atoms. The van der Waals surface area contributed by atoms with Crippen molar-refractivity contribution in [2.24, 2.45) is 0 Å². The van der Waals surface area contributed by atoms with Gasteiger partial charge in [-0.25, -0.2) is 12.8 Å². The fourth-order valence-electron chi connectivity index (χ4n) is 2.82. The first-order chi connectivity index (χ1) is 12.3. The van der Waals surface area contributed by atoms with E-state index in [9.17, 15) is 22.4 Å². The molecule has 1 aliphatic heterocycles. The number of carbonyl (C=O) groups is 2. The summed E-state index contributed by atoms with van der Waals surface area (Å²) in [6, 6.07) is 5.53. The van der Waals surface area contributed by atoms with Gasteiger partial charge >= 0.3 is 0 Å². The summed E-state index contributed by atoms with van der Waals surface area (Å²) in [7, 11) is -3.04. The van der Waals surface area contributed by atoms with Gasteiger partial charge in [0.15, 0.2) is 22.9 Å². The Morgan fingerprint density at radius 1 is 1.19 bits per heavy atom. The third-order valence-corrected chi connectivity index (χ3v) is 6.09. The molecule has 2 atom stereocenters. The summed E-state index contributed by atoms with van der Waals surface area (Å²) in [6.45, 7) is 2.99. The van der Waals surface area contributed by atoms with E-state index in [0.29, 0.717) is 19.5 Å². The Bertz CT molecular complexity index is 737. The van der Waals surface area contributed by atoms with Crippen molar-refractivity contribution in [3.63, 3.8) is 0 Å². The molecule has 3 N–H and O–H groups in total. The van der Waals surface area contributed by atoms with E-state index >= 15 is 0 Å². The van der Waals surface area contributed by atoms with E-state index in [0.717, 1.165) is 10.5 Å². The van der Waals surface area contributed by atoms with E-state index < -0.39 is 9.84 Å². The molecule has 2 amide bonds. The van der Waals surface area contributed by atoms with Crippen LogP contribution in [0.15, 0.2) is 24.3 Å². The topological polar surface area (TPSA) is 96.8 Å². The number of quaternary nitrogens is 1. The first-order valence-electron chi connectivity index (χ1n) is 8.62. The summed E-state index contributed by atoms with van der Waals surface area (Å²) in [5.74, 6) is -0.702. The summed E-state index contributed by atoms with van der Waals surface area (Å²) in [5.41, 5.74) is 0.790. The Hall–Kier alpha value is -2.00. The Morgan fingerprint density at radius 3 is 2.42 bits per heavy atom. The van der Waals surface area contributed by atoms with Crippen LogP contribution in [0.2, 0.25) is 0 Å². The number of halogens is 1. The number of sulfone groups is 1. The van der Waals surface area contributed by atoms with Gasteiger partial charge in [-0.2, -0.15) is 0 Å². The fourth-order valence-corrected chi connectivity index (χ4v) is 4.49. The highest BCUT2D eigenvalue weighted by Gasteiger charge is 2.29. The predicted octanol–water partition coefficient (Wildman–Crippen LogP) is -1.35. The summed E-state index contributed by atoms with van der Waals surface area (Å²) in [4.78, 5) is 24.9. The maximum atomic E-state index is 12.9. The maximum Gasteiger partial charge on any atom is 0.275 e. The molecule has 2 rings (SSSR count). The predicted molar refractivity (Wildman–Crippen MR) is 94.7 cm³/mol. The standard InChI is InChI=1S/C17H24FN3O4S/c1-2-21(11-17(23)20-15-7-8-26(24,25)12-15)10-16(22)19-9-13-3-5-14(18)6-4-13/h3-6,15H,2,7-12H2,1H3,(H,19,22)(H,20,23)/p+1/t15-/m1/s1. The first kappa shape index (κ1) is 20.3. The van der Waals surface area contributed by atoms with Crippen molar-refractivity contribution in [1.82, 2.24) is 10.6 Å². The Balaban J connectivity index is 1.74. The molecule has 1 aromatic rings. The highest BCUT2D eigenvalue weighted by molar-refractivity contribution is 7.91. The van der Waals surface area contributed by atoms with Gasteiger partial charge < -0.3 is 15.5 Å². The van der Waals surface area contributed by atoms with Crippen molar-refractivity contribution in [3.8, 4) is 0 Å². The van der Waals surface area contributed by atoms with Crippen LogP contribution >= 0.6 is 0 Å². The van der Waals surface area contributed by atoms with Crippen LogP contribution in [-0.2, 0) is 26.0 Å². The van der Waals surface area contributed by atoms with Gasteiger partial charge in [0.1, 0.15) is 5.82 Å². The van der Waals surface area contributed by atoms with Gasteiger partial charge in [-0.05, 0) is 31.0 Å². The van der Waals surface area contributed by atoms with Gasteiger partial charge in [0, 0.05) is 12.6 Å². The van der Waals surface area contributed by atoms with Crippen LogP contribution in [0.5, 0.6) is 0 Å². The Kier molecular flexibility index (Phi) is 7.10. The van der Waals surface area contributed by atoms with Crippen LogP contribution in [0.4, 0.5) is 4.39 Å². The van der Waals surface area contributed by atoms with Crippen molar-refractivity contribution >= 4 is 21.7 Å². The molecule has 0 saturated carbocycles. The van der Waals surface area contributed by atoms with E-state index in [1.807, 2.05) is 6.92 Å². The molecule has 0 aliphatic carbocycles. The molecule has 0 radical (unpaired) electrons. The Morgan fingerprint density at radius 2 is 1.85 bits per heavy atom. The molecular weight excluding hydrogens is 361 g/mol. The summed E-state index contributed by atoms with van der Waals surface area (Å²) >= 11 is 0. The number of amides is 2. The second kappa shape index (κ2) is 9.09. The number of benzene rings is 1. The zero-order chi connectivity index (χ0) is 19.2. The van der Waals surface area contributed by atoms with Crippen LogP contribution in [-0.4, -0.2) is 57.4 Å². The van der Waals surface area contributed by atoms with E-state index in [-0.39, 0.29) is 48.3 Å². The van der Waals surface area contributed by atoms with Crippen molar-refractivity contribution in [3.05, 3.63) is 35.6 Å². The quantitative estimate of drug-likeness (QED) is 0.515. The normalized spacial score (nSPS) is 19.7. The lowest BCUT2D eigenvalue weighted by Gasteiger charge is -2.18. The Labute approximate surface area is 152 Å². The van der Waals surface area contributed by atoms with Crippen molar-refractivity contribution < 1.29 is 27.3 Å². The van der Waals surface area contributed by atoms with Gasteiger partial charge in [0.25, 0.3) is 11.8 Å². The van der Waals surface area contributed by atoms with Gasteiger partial charge in [-0.15, -0.1) is 0 Å². The van der Waals surface area contributed by atoms with Gasteiger partial charge in [0.2, 0.25) is 0 Å². The molecule has 1 saturated heterocycles. The number of hydrogen-bond acceptors (Lipinski definition) is 4. The number of rotatable bonds is 8. The molecule has 1 aliphatic rings.